The molecule has 0 N–H and O–H groups in total. The van der Waals surface area contributed by atoms with Crippen LogP contribution in [0.5, 0.6) is 0 Å². The SMILES string of the molecule is Cc1cc(I)cn2cc(-c3ccc(N(C)C)nc3)nc12. The number of aromatic nitrogens is 3. The molecule has 3 rings (SSSR count). The van der Waals surface area contributed by atoms with Gasteiger partial charge >= 0.3 is 0 Å². The average Bonchev–Trinajstić information content (AvgIpc) is 2.83. The van der Waals surface area contributed by atoms with Crippen molar-refractivity contribution in [3.05, 3.63) is 45.9 Å². The Morgan fingerprint density at radius 1 is 1.20 bits per heavy atom. The van der Waals surface area contributed by atoms with Crippen LogP contribution in [-0.2, 0) is 0 Å². The van der Waals surface area contributed by atoms with Crippen molar-refractivity contribution >= 4 is 34.1 Å². The molecule has 3 heterocycles. The zero-order valence-electron chi connectivity index (χ0n) is 11.6. The van der Waals surface area contributed by atoms with Crippen LogP contribution in [0.1, 0.15) is 5.56 Å². The third-order valence-electron chi connectivity index (χ3n) is 3.20. The molecule has 0 radical (unpaired) electrons. The lowest BCUT2D eigenvalue weighted by molar-refractivity contribution is 1.07. The molecule has 3 aromatic rings. The van der Waals surface area contributed by atoms with Crippen LogP contribution < -0.4 is 4.90 Å². The van der Waals surface area contributed by atoms with Crippen molar-refractivity contribution in [3.63, 3.8) is 0 Å². The maximum Gasteiger partial charge on any atom is 0.140 e. The molecule has 0 aliphatic rings. The first-order valence-electron chi connectivity index (χ1n) is 6.33. The fourth-order valence-corrected chi connectivity index (χ4v) is 2.93. The number of fused-ring (bicyclic) bond motifs is 1. The molecular weight excluding hydrogens is 363 g/mol. The molecule has 0 fully saturated rings. The summed E-state index contributed by atoms with van der Waals surface area (Å²) in [6.45, 7) is 2.08. The van der Waals surface area contributed by atoms with Gasteiger partial charge in [0.25, 0.3) is 0 Å². The topological polar surface area (TPSA) is 33.4 Å². The van der Waals surface area contributed by atoms with Crippen molar-refractivity contribution in [1.29, 1.82) is 0 Å². The van der Waals surface area contributed by atoms with Gasteiger partial charge in [-0.1, -0.05) is 0 Å². The van der Waals surface area contributed by atoms with Crippen LogP contribution in [0.15, 0.2) is 36.8 Å². The Labute approximate surface area is 131 Å². The minimum Gasteiger partial charge on any atom is -0.363 e. The Morgan fingerprint density at radius 3 is 2.65 bits per heavy atom. The minimum absolute atomic E-state index is 0.947. The highest BCUT2D eigenvalue weighted by atomic mass is 127. The molecule has 3 aromatic heterocycles. The van der Waals surface area contributed by atoms with Crippen LogP contribution in [-0.4, -0.2) is 28.5 Å². The molecule has 0 amide bonds. The third kappa shape index (κ3) is 2.37. The zero-order chi connectivity index (χ0) is 14.3. The molecule has 0 atom stereocenters. The van der Waals surface area contributed by atoms with Gasteiger partial charge in [-0.3, -0.25) is 0 Å². The van der Waals surface area contributed by atoms with E-state index in [0.29, 0.717) is 0 Å². The maximum atomic E-state index is 4.70. The van der Waals surface area contributed by atoms with Crippen molar-refractivity contribution in [3.8, 4) is 11.3 Å². The van der Waals surface area contributed by atoms with E-state index in [0.717, 1.165) is 22.7 Å². The Hall–Kier alpha value is -1.63. The van der Waals surface area contributed by atoms with Gasteiger partial charge in [-0.25, -0.2) is 9.97 Å². The largest absolute Gasteiger partial charge is 0.363 e. The predicted molar refractivity (Wildman–Crippen MR) is 90.2 cm³/mol. The van der Waals surface area contributed by atoms with Gasteiger partial charge in [-0.15, -0.1) is 0 Å². The Bertz CT molecular complexity index is 759. The van der Waals surface area contributed by atoms with E-state index in [-0.39, 0.29) is 0 Å². The Balaban J connectivity index is 2.08. The summed E-state index contributed by atoms with van der Waals surface area (Å²) >= 11 is 2.32. The molecule has 4 nitrogen and oxygen atoms in total. The van der Waals surface area contributed by atoms with Crippen LogP contribution in [0.3, 0.4) is 0 Å². The highest BCUT2D eigenvalue weighted by Gasteiger charge is 2.08. The zero-order valence-corrected chi connectivity index (χ0v) is 13.8. The number of imidazole rings is 1. The summed E-state index contributed by atoms with van der Waals surface area (Å²) in [4.78, 5) is 11.1. The summed E-state index contributed by atoms with van der Waals surface area (Å²) in [6.07, 6.45) is 6.01. The molecule has 0 aliphatic carbocycles. The number of anilines is 1. The summed E-state index contributed by atoms with van der Waals surface area (Å²) in [5.74, 6) is 0.947. The Morgan fingerprint density at radius 2 is 2.00 bits per heavy atom. The number of aryl methyl sites for hydroxylation is 1. The van der Waals surface area contributed by atoms with E-state index in [2.05, 4.69) is 63.4 Å². The lowest BCUT2D eigenvalue weighted by atomic mass is 10.2. The number of hydrogen-bond acceptors (Lipinski definition) is 3. The molecule has 5 heteroatoms. The summed E-state index contributed by atoms with van der Waals surface area (Å²) in [5, 5.41) is 0. The molecule has 0 saturated heterocycles. The summed E-state index contributed by atoms with van der Waals surface area (Å²) < 4.78 is 3.28. The van der Waals surface area contributed by atoms with Gasteiger partial charge in [-0.2, -0.15) is 0 Å². The summed E-state index contributed by atoms with van der Waals surface area (Å²) in [6, 6.07) is 6.21. The smallest absolute Gasteiger partial charge is 0.140 e. The second-order valence-electron chi connectivity index (χ2n) is 5.00. The van der Waals surface area contributed by atoms with E-state index in [9.17, 15) is 0 Å². The van der Waals surface area contributed by atoms with E-state index in [1.165, 1.54) is 9.13 Å². The standard InChI is InChI=1S/C15H15IN4/c1-10-6-12(16)8-20-9-13(18-15(10)20)11-4-5-14(17-7-11)19(2)3/h4-9H,1-3H3. The van der Waals surface area contributed by atoms with Gasteiger partial charge < -0.3 is 9.30 Å². The van der Waals surface area contributed by atoms with Crippen molar-refractivity contribution < 1.29 is 0 Å². The second kappa shape index (κ2) is 5.05. The number of rotatable bonds is 2. The van der Waals surface area contributed by atoms with E-state index in [4.69, 9.17) is 4.98 Å². The van der Waals surface area contributed by atoms with Gasteiger partial charge in [0.05, 0.1) is 5.69 Å². The quantitative estimate of drug-likeness (QED) is 0.642. The van der Waals surface area contributed by atoms with Gasteiger partial charge in [-0.05, 0) is 53.3 Å². The second-order valence-corrected chi connectivity index (χ2v) is 6.24. The molecule has 102 valence electrons. The molecule has 0 aliphatic heterocycles. The molecule has 0 aromatic carbocycles. The van der Waals surface area contributed by atoms with Crippen LogP contribution in [0, 0.1) is 10.5 Å². The van der Waals surface area contributed by atoms with E-state index < -0.39 is 0 Å². The molecule has 0 bridgehead atoms. The highest BCUT2D eigenvalue weighted by molar-refractivity contribution is 14.1. The fourth-order valence-electron chi connectivity index (χ4n) is 2.17. The van der Waals surface area contributed by atoms with E-state index >= 15 is 0 Å². The normalized spacial score (nSPS) is 11.0. The van der Waals surface area contributed by atoms with Gasteiger partial charge in [0.2, 0.25) is 0 Å². The first kappa shape index (κ1) is 13.4. The number of hydrogen-bond donors (Lipinski definition) is 0. The first-order valence-corrected chi connectivity index (χ1v) is 7.41. The number of pyridine rings is 2. The highest BCUT2D eigenvalue weighted by Crippen LogP contribution is 2.22. The van der Waals surface area contributed by atoms with Gasteiger partial charge in [0.15, 0.2) is 0 Å². The van der Waals surface area contributed by atoms with Gasteiger partial charge in [0, 0.05) is 41.8 Å². The molecule has 0 saturated carbocycles. The lowest BCUT2D eigenvalue weighted by Gasteiger charge is -2.10. The van der Waals surface area contributed by atoms with Crippen LogP contribution in [0.2, 0.25) is 0 Å². The first-order chi connectivity index (χ1) is 9.54. The van der Waals surface area contributed by atoms with Crippen molar-refractivity contribution in [2.75, 3.05) is 19.0 Å². The molecule has 20 heavy (non-hydrogen) atoms. The number of nitrogens with zero attached hydrogens (tertiary/aromatic N) is 4. The minimum atomic E-state index is 0.947. The van der Waals surface area contributed by atoms with Crippen LogP contribution in [0.4, 0.5) is 5.82 Å². The van der Waals surface area contributed by atoms with E-state index in [1.807, 2.05) is 31.3 Å². The van der Waals surface area contributed by atoms with Gasteiger partial charge in [0.1, 0.15) is 11.5 Å². The van der Waals surface area contributed by atoms with Crippen molar-refractivity contribution in [1.82, 2.24) is 14.4 Å². The predicted octanol–water partition coefficient (Wildman–Crippen LogP) is 3.38. The summed E-state index contributed by atoms with van der Waals surface area (Å²) in [5.41, 5.74) is 4.17. The lowest BCUT2D eigenvalue weighted by Crippen LogP contribution is -2.09. The average molecular weight is 378 g/mol. The van der Waals surface area contributed by atoms with Crippen LogP contribution >= 0.6 is 22.6 Å². The molecular formula is C15H15IN4. The van der Waals surface area contributed by atoms with Crippen LogP contribution in [0.25, 0.3) is 16.9 Å². The third-order valence-corrected chi connectivity index (χ3v) is 3.79. The van der Waals surface area contributed by atoms with Crippen molar-refractivity contribution in [2.24, 2.45) is 0 Å². The fraction of sp³-hybridized carbons (Fsp3) is 0.200. The maximum absolute atomic E-state index is 4.70. The van der Waals surface area contributed by atoms with E-state index in [1.54, 1.807) is 0 Å². The monoisotopic (exact) mass is 378 g/mol. The van der Waals surface area contributed by atoms with Crippen molar-refractivity contribution in [2.45, 2.75) is 6.92 Å². The summed E-state index contributed by atoms with van der Waals surface area (Å²) in [7, 11) is 3.97. The molecule has 0 unspecified atom stereocenters. The Kier molecular flexibility index (Phi) is 3.37. The molecule has 0 spiro atoms. The number of halogens is 1.